The molecule has 0 aliphatic rings. The third kappa shape index (κ3) is 3.87. The van der Waals surface area contributed by atoms with Gasteiger partial charge in [0, 0.05) is 22.6 Å². The first kappa shape index (κ1) is 14.3. The molecule has 1 aromatic rings. The lowest BCUT2D eigenvalue weighted by molar-refractivity contribution is -0.132. The summed E-state index contributed by atoms with van der Waals surface area (Å²) in [5, 5.41) is 1.21. The summed E-state index contributed by atoms with van der Waals surface area (Å²) in [5.41, 5.74) is 6.21. The molecule has 0 saturated carbocycles. The van der Waals surface area contributed by atoms with Crippen molar-refractivity contribution in [3.8, 4) is 0 Å². The molecule has 0 heterocycles. The van der Waals surface area contributed by atoms with Crippen molar-refractivity contribution in [2.45, 2.75) is 26.4 Å². The maximum Gasteiger partial charge on any atom is 0.236 e. The van der Waals surface area contributed by atoms with Gasteiger partial charge in [0.1, 0.15) is 0 Å². The second-order valence-corrected chi connectivity index (χ2v) is 4.90. The molecule has 94 valence electrons. The number of carbonyl (C=O) groups is 1. The molecule has 0 radical (unpaired) electrons. The molecule has 5 heteroatoms. The van der Waals surface area contributed by atoms with Crippen molar-refractivity contribution in [3.05, 3.63) is 33.8 Å². The molecule has 0 fully saturated rings. The van der Waals surface area contributed by atoms with Crippen molar-refractivity contribution in [3.63, 3.8) is 0 Å². The lowest BCUT2D eigenvalue weighted by Gasteiger charge is -2.26. The van der Waals surface area contributed by atoms with E-state index >= 15 is 0 Å². The van der Waals surface area contributed by atoms with Gasteiger partial charge in [-0.2, -0.15) is 0 Å². The summed E-state index contributed by atoms with van der Waals surface area (Å²) >= 11 is 12.0. The van der Waals surface area contributed by atoms with Gasteiger partial charge in [-0.1, -0.05) is 23.2 Å². The maximum absolute atomic E-state index is 11.7. The van der Waals surface area contributed by atoms with Crippen LogP contribution in [0.4, 0.5) is 0 Å². The molecule has 0 spiro atoms. The van der Waals surface area contributed by atoms with E-state index in [1.54, 1.807) is 23.1 Å². The van der Waals surface area contributed by atoms with Gasteiger partial charge in [0.25, 0.3) is 0 Å². The summed E-state index contributed by atoms with van der Waals surface area (Å²) in [6.07, 6.45) is 0. The summed E-state index contributed by atoms with van der Waals surface area (Å²) in [4.78, 5) is 13.4. The Kier molecular flexibility index (Phi) is 5.25. The van der Waals surface area contributed by atoms with E-state index in [0.717, 1.165) is 5.56 Å². The third-order valence-electron chi connectivity index (χ3n) is 2.47. The predicted molar refractivity (Wildman–Crippen MR) is 71.2 cm³/mol. The first-order valence-corrected chi connectivity index (χ1v) is 6.14. The first-order valence-electron chi connectivity index (χ1n) is 5.39. The fourth-order valence-corrected chi connectivity index (χ4v) is 1.90. The van der Waals surface area contributed by atoms with Crippen LogP contribution in [0.15, 0.2) is 18.2 Å². The summed E-state index contributed by atoms with van der Waals surface area (Å²) < 4.78 is 0. The number of nitrogens with zero attached hydrogens (tertiary/aromatic N) is 1. The average molecular weight is 275 g/mol. The predicted octanol–water partition coefficient (Wildman–Crippen LogP) is 2.69. The van der Waals surface area contributed by atoms with E-state index in [4.69, 9.17) is 28.9 Å². The summed E-state index contributed by atoms with van der Waals surface area (Å²) in [6.45, 7) is 4.29. The van der Waals surface area contributed by atoms with Crippen LogP contribution in [0.1, 0.15) is 19.4 Å². The van der Waals surface area contributed by atoms with Crippen LogP contribution in [0.3, 0.4) is 0 Å². The van der Waals surface area contributed by atoms with E-state index in [9.17, 15) is 4.79 Å². The Morgan fingerprint density at radius 1 is 1.41 bits per heavy atom. The van der Waals surface area contributed by atoms with Gasteiger partial charge < -0.3 is 10.6 Å². The molecule has 0 atom stereocenters. The van der Waals surface area contributed by atoms with Gasteiger partial charge in [0.2, 0.25) is 5.91 Å². The minimum Gasteiger partial charge on any atom is -0.335 e. The summed E-state index contributed by atoms with van der Waals surface area (Å²) in [7, 11) is 0. The first-order chi connectivity index (χ1) is 7.95. The number of benzene rings is 1. The Bertz CT molecular complexity index is 407. The maximum atomic E-state index is 11.7. The Labute approximate surface area is 111 Å². The third-order valence-corrected chi connectivity index (χ3v) is 3.07. The quantitative estimate of drug-likeness (QED) is 0.918. The fraction of sp³-hybridized carbons (Fsp3) is 0.417. The van der Waals surface area contributed by atoms with Gasteiger partial charge in [-0.25, -0.2) is 0 Å². The second-order valence-electron chi connectivity index (χ2n) is 4.06. The van der Waals surface area contributed by atoms with Crippen molar-refractivity contribution in [1.29, 1.82) is 0 Å². The molecule has 1 amide bonds. The monoisotopic (exact) mass is 274 g/mol. The largest absolute Gasteiger partial charge is 0.335 e. The molecular formula is C12H16Cl2N2O. The highest BCUT2D eigenvalue weighted by Crippen LogP contribution is 2.22. The Hall–Kier alpha value is -0.770. The van der Waals surface area contributed by atoms with Crippen LogP contribution in [0, 0.1) is 0 Å². The van der Waals surface area contributed by atoms with Crippen molar-refractivity contribution < 1.29 is 4.79 Å². The zero-order valence-electron chi connectivity index (χ0n) is 9.91. The molecule has 1 aromatic carbocycles. The van der Waals surface area contributed by atoms with Crippen molar-refractivity contribution in [2.75, 3.05) is 6.54 Å². The molecular weight excluding hydrogens is 259 g/mol. The highest BCUT2D eigenvalue weighted by Gasteiger charge is 2.17. The number of amides is 1. The molecule has 0 aromatic heterocycles. The van der Waals surface area contributed by atoms with Gasteiger partial charge in [-0.15, -0.1) is 0 Å². The van der Waals surface area contributed by atoms with Crippen LogP contribution in [0.25, 0.3) is 0 Å². The number of hydrogen-bond donors (Lipinski definition) is 1. The van der Waals surface area contributed by atoms with Crippen molar-refractivity contribution >= 4 is 29.1 Å². The average Bonchev–Trinajstić information content (AvgIpc) is 2.28. The minimum absolute atomic E-state index is 0.00361. The van der Waals surface area contributed by atoms with E-state index in [-0.39, 0.29) is 18.5 Å². The summed E-state index contributed by atoms with van der Waals surface area (Å²) in [5.74, 6) is -0.101. The van der Waals surface area contributed by atoms with Gasteiger partial charge in [0.05, 0.1) is 6.54 Å². The van der Waals surface area contributed by atoms with Crippen molar-refractivity contribution in [1.82, 2.24) is 4.90 Å². The van der Waals surface area contributed by atoms with Gasteiger partial charge >= 0.3 is 0 Å². The van der Waals surface area contributed by atoms with Gasteiger partial charge in [-0.05, 0) is 37.6 Å². The molecule has 1 rings (SSSR count). The fourth-order valence-electron chi connectivity index (χ4n) is 1.52. The molecule has 2 N–H and O–H groups in total. The van der Waals surface area contributed by atoms with Crippen LogP contribution in [-0.4, -0.2) is 23.4 Å². The van der Waals surface area contributed by atoms with E-state index in [2.05, 4.69) is 0 Å². The lowest BCUT2D eigenvalue weighted by atomic mass is 10.2. The lowest BCUT2D eigenvalue weighted by Crippen LogP contribution is -2.40. The molecule has 0 aliphatic heterocycles. The van der Waals surface area contributed by atoms with Crippen LogP contribution in [0.5, 0.6) is 0 Å². The summed E-state index contributed by atoms with van der Waals surface area (Å²) in [6, 6.07) is 5.28. The number of nitrogens with two attached hydrogens (primary N) is 1. The molecule has 0 aliphatic carbocycles. The second kappa shape index (κ2) is 6.24. The van der Waals surface area contributed by atoms with E-state index in [0.29, 0.717) is 16.6 Å². The Morgan fingerprint density at radius 3 is 2.59 bits per heavy atom. The Balaban J connectivity index is 2.93. The minimum atomic E-state index is -0.101. The highest BCUT2D eigenvalue weighted by molar-refractivity contribution is 6.33. The van der Waals surface area contributed by atoms with Crippen LogP contribution >= 0.6 is 23.2 Å². The van der Waals surface area contributed by atoms with Crippen LogP contribution in [0.2, 0.25) is 10.0 Å². The SMILES string of the molecule is CC(C)N(Cc1cc(Cl)ccc1Cl)C(=O)CN. The van der Waals surface area contributed by atoms with Crippen molar-refractivity contribution in [2.24, 2.45) is 5.73 Å². The normalized spacial score (nSPS) is 10.7. The van der Waals surface area contributed by atoms with Crippen LogP contribution < -0.4 is 5.73 Å². The van der Waals surface area contributed by atoms with E-state index in [1.165, 1.54) is 0 Å². The molecule has 0 bridgehead atoms. The van der Waals surface area contributed by atoms with Crippen LogP contribution in [-0.2, 0) is 11.3 Å². The zero-order valence-corrected chi connectivity index (χ0v) is 11.4. The van der Waals surface area contributed by atoms with Gasteiger partial charge in [-0.3, -0.25) is 4.79 Å². The topological polar surface area (TPSA) is 46.3 Å². The molecule has 0 saturated heterocycles. The standard InChI is InChI=1S/C12H16Cl2N2O/c1-8(2)16(12(17)6-15)7-9-5-10(13)3-4-11(9)14/h3-5,8H,6-7,15H2,1-2H3. The van der Waals surface area contributed by atoms with E-state index in [1.807, 2.05) is 13.8 Å². The number of halogens is 2. The zero-order chi connectivity index (χ0) is 13.0. The molecule has 0 unspecified atom stereocenters. The number of carbonyl (C=O) groups excluding carboxylic acids is 1. The molecule has 17 heavy (non-hydrogen) atoms. The Morgan fingerprint density at radius 2 is 2.06 bits per heavy atom. The van der Waals surface area contributed by atoms with E-state index < -0.39 is 0 Å². The molecule has 3 nitrogen and oxygen atoms in total. The number of hydrogen-bond acceptors (Lipinski definition) is 2. The smallest absolute Gasteiger partial charge is 0.236 e. The van der Waals surface area contributed by atoms with Gasteiger partial charge in [0.15, 0.2) is 0 Å². The highest BCUT2D eigenvalue weighted by atomic mass is 35.5. The number of rotatable bonds is 4.